The number of hydrogen-bond acceptors (Lipinski definition) is 2. The first-order valence-electron chi connectivity index (χ1n) is 9.36. The maximum atomic E-state index is 10.3. The van der Waals surface area contributed by atoms with Crippen LogP contribution in [0.5, 0.6) is 0 Å². The van der Waals surface area contributed by atoms with E-state index >= 15 is 0 Å². The van der Waals surface area contributed by atoms with E-state index in [4.69, 9.17) is 9.84 Å². The Morgan fingerprint density at radius 3 is 1.72 bits per heavy atom. The predicted octanol–water partition coefficient (Wildman–Crippen LogP) is 5.76. The topological polar surface area (TPSA) is 49.8 Å². The van der Waals surface area contributed by atoms with Crippen LogP contribution in [0.2, 0.25) is 0 Å². The molecule has 1 saturated heterocycles. The molecule has 0 aromatic heterocycles. The maximum Gasteiger partial charge on any atom is 0.303 e. The Balaban J connectivity index is 1.91. The number of ether oxygens (including phenoxy) is 1. The fourth-order valence-corrected chi connectivity index (χ4v) is 2.38. The first-order chi connectivity index (χ1) is 12.2. The maximum absolute atomic E-state index is 10.3. The van der Waals surface area contributed by atoms with Gasteiger partial charge in [0, 0.05) is 6.42 Å². The molecule has 0 unspecified atom stereocenters. The Bertz CT molecular complexity index is 497. The van der Waals surface area contributed by atoms with E-state index in [9.17, 15) is 4.79 Å². The van der Waals surface area contributed by atoms with Gasteiger partial charge in [0.25, 0.3) is 0 Å². The standard InChI is InChI=1S/C22H32O3/c1-2-20-21(25-20)18-16-14-12-10-8-6-4-3-5-7-9-11-13-15-17-19-22(23)24/h3-4,7-10,13-16,20-21H,2,5-6,11-12,17-19H2,1H3,(H,23,24)/b4-3-,9-7-,10-8-,15-13-,16-14-/t20-,21+/m1/s1. The highest BCUT2D eigenvalue weighted by molar-refractivity contribution is 5.66. The highest BCUT2D eigenvalue weighted by Gasteiger charge is 2.35. The minimum atomic E-state index is -0.742. The van der Waals surface area contributed by atoms with Crippen molar-refractivity contribution in [3.63, 3.8) is 0 Å². The Hall–Kier alpha value is -1.87. The molecule has 1 aliphatic rings. The molecule has 0 spiro atoms. The van der Waals surface area contributed by atoms with Crippen LogP contribution >= 0.6 is 0 Å². The molecular weight excluding hydrogens is 312 g/mol. The highest BCUT2D eigenvalue weighted by Crippen LogP contribution is 2.28. The zero-order chi connectivity index (χ0) is 18.2. The normalized spacial score (nSPS) is 20.8. The smallest absolute Gasteiger partial charge is 0.303 e. The van der Waals surface area contributed by atoms with Crippen LogP contribution in [0.4, 0.5) is 0 Å². The third-order valence-electron chi connectivity index (χ3n) is 3.91. The van der Waals surface area contributed by atoms with Crippen molar-refractivity contribution in [1.29, 1.82) is 0 Å². The Kier molecular flexibility index (Phi) is 12.3. The Morgan fingerprint density at radius 2 is 1.28 bits per heavy atom. The average molecular weight is 344 g/mol. The fraction of sp³-hybridized carbons (Fsp3) is 0.500. The molecule has 2 atom stereocenters. The van der Waals surface area contributed by atoms with Gasteiger partial charge in [-0.2, -0.15) is 0 Å². The molecule has 1 fully saturated rings. The summed E-state index contributed by atoms with van der Waals surface area (Å²) in [5.41, 5.74) is 0. The number of epoxide rings is 1. The van der Waals surface area contributed by atoms with Gasteiger partial charge in [0.05, 0.1) is 12.2 Å². The molecule has 0 aliphatic carbocycles. The molecule has 0 saturated carbocycles. The number of allylic oxidation sites excluding steroid dienone is 9. The number of hydrogen-bond donors (Lipinski definition) is 1. The van der Waals surface area contributed by atoms with Gasteiger partial charge in [-0.15, -0.1) is 0 Å². The van der Waals surface area contributed by atoms with E-state index in [-0.39, 0.29) is 6.42 Å². The molecule has 25 heavy (non-hydrogen) atoms. The zero-order valence-corrected chi connectivity index (χ0v) is 15.3. The van der Waals surface area contributed by atoms with Crippen molar-refractivity contribution in [1.82, 2.24) is 0 Å². The summed E-state index contributed by atoms with van der Waals surface area (Å²) in [7, 11) is 0. The highest BCUT2D eigenvalue weighted by atomic mass is 16.6. The number of carboxylic acids is 1. The zero-order valence-electron chi connectivity index (χ0n) is 15.3. The van der Waals surface area contributed by atoms with E-state index < -0.39 is 5.97 Å². The molecule has 1 aliphatic heterocycles. The molecule has 0 bridgehead atoms. The summed E-state index contributed by atoms with van der Waals surface area (Å²) < 4.78 is 5.49. The minimum Gasteiger partial charge on any atom is -0.481 e. The van der Waals surface area contributed by atoms with Crippen LogP contribution in [0.25, 0.3) is 0 Å². The quantitative estimate of drug-likeness (QED) is 0.322. The molecule has 0 radical (unpaired) electrons. The van der Waals surface area contributed by atoms with Crippen molar-refractivity contribution in [2.45, 2.75) is 70.5 Å². The second-order valence-corrected chi connectivity index (χ2v) is 6.09. The summed E-state index contributed by atoms with van der Waals surface area (Å²) in [4.78, 5) is 10.3. The Morgan fingerprint density at radius 1 is 0.800 bits per heavy atom. The monoisotopic (exact) mass is 344 g/mol. The summed E-state index contributed by atoms with van der Waals surface area (Å²) in [5, 5.41) is 8.50. The lowest BCUT2D eigenvalue weighted by atomic mass is 10.2. The van der Waals surface area contributed by atoms with Crippen molar-refractivity contribution in [3.05, 3.63) is 60.8 Å². The van der Waals surface area contributed by atoms with Gasteiger partial charge < -0.3 is 9.84 Å². The largest absolute Gasteiger partial charge is 0.481 e. The molecule has 0 aromatic carbocycles. The van der Waals surface area contributed by atoms with E-state index in [0.29, 0.717) is 18.6 Å². The number of aliphatic carboxylic acids is 1. The SMILES string of the molecule is CC[C@H]1O[C@H]1C/C=C\C/C=C\C/C=C\C/C=C\C/C=C\CCC(=O)O. The van der Waals surface area contributed by atoms with Gasteiger partial charge in [-0.05, 0) is 44.9 Å². The molecule has 3 heteroatoms. The van der Waals surface area contributed by atoms with Crippen LogP contribution in [-0.2, 0) is 9.53 Å². The Labute approximate surface area is 152 Å². The third kappa shape index (κ3) is 13.1. The third-order valence-corrected chi connectivity index (χ3v) is 3.91. The lowest BCUT2D eigenvalue weighted by molar-refractivity contribution is -0.136. The molecule has 1 rings (SSSR count). The van der Waals surface area contributed by atoms with Gasteiger partial charge in [0.1, 0.15) is 0 Å². The van der Waals surface area contributed by atoms with Gasteiger partial charge in [-0.25, -0.2) is 0 Å². The van der Waals surface area contributed by atoms with E-state index in [1.807, 2.05) is 12.2 Å². The van der Waals surface area contributed by atoms with Gasteiger partial charge in [-0.1, -0.05) is 67.7 Å². The predicted molar refractivity (Wildman–Crippen MR) is 105 cm³/mol. The summed E-state index contributed by atoms with van der Waals surface area (Å²) in [6.07, 6.45) is 29.1. The summed E-state index contributed by atoms with van der Waals surface area (Å²) in [6.45, 7) is 2.17. The second-order valence-electron chi connectivity index (χ2n) is 6.09. The van der Waals surface area contributed by atoms with Crippen LogP contribution in [0.3, 0.4) is 0 Å². The summed E-state index contributed by atoms with van der Waals surface area (Å²) >= 11 is 0. The summed E-state index contributed by atoms with van der Waals surface area (Å²) in [6, 6.07) is 0. The van der Waals surface area contributed by atoms with Crippen molar-refractivity contribution in [3.8, 4) is 0 Å². The fourth-order valence-electron chi connectivity index (χ4n) is 2.38. The van der Waals surface area contributed by atoms with Crippen LogP contribution in [0.1, 0.15) is 58.3 Å². The average Bonchev–Trinajstić information content (AvgIpc) is 3.36. The molecule has 0 amide bonds. The van der Waals surface area contributed by atoms with Crippen molar-refractivity contribution in [2.24, 2.45) is 0 Å². The number of rotatable bonds is 14. The lowest BCUT2D eigenvalue weighted by Crippen LogP contribution is -1.91. The molecule has 1 N–H and O–H groups in total. The van der Waals surface area contributed by atoms with E-state index in [0.717, 1.165) is 38.5 Å². The number of carbonyl (C=O) groups is 1. The van der Waals surface area contributed by atoms with Gasteiger partial charge >= 0.3 is 5.97 Å². The number of carboxylic acid groups (broad SMARTS) is 1. The van der Waals surface area contributed by atoms with E-state index in [1.165, 1.54) is 0 Å². The van der Waals surface area contributed by atoms with E-state index in [2.05, 4.69) is 55.5 Å². The molecule has 3 nitrogen and oxygen atoms in total. The van der Waals surface area contributed by atoms with E-state index in [1.54, 1.807) is 0 Å². The van der Waals surface area contributed by atoms with Crippen LogP contribution in [-0.4, -0.2) is 23.3 Å². The first kappa shape index (κ1) is 21.2. The van der Waals surface area contributed by atoms with Gasteiger partial charge in [0.2, 0.25) is 0 Å². The van der Waals surface area contributed by atoms with Crippen LogP contribution in [0.15, 0.2) is 60.8 Å². The van der Waals surface area contributed by atoms with Crippen LogP contribution in [0, 0.1) is 0 Å². The van der Waals surface area contributed by atoms with Crippen molar-refractivity contribution in [2.75, 3.05) is 0 Å². The van der Waals surface area contributed by atoms with Gasteiger partial charge in [0.15, 0.2) is 0 Å². The lowest BCUT2D eigenvalue weighted by Gasteiger charge is -1.87. The molecule has 0 aromatic rings. The first-order valence-corrected chi connectivity index (χ1v) is 9.36. The molecule has 1 heterocycles. The molecular formula is C22H32O3. The minimum absolute atomic E-state index is 0.209. The second kappa shape index (κ2) is 14.5. The molecule has 138 valence electrons. The van der Waals surface area contributed by atoms with Crippen LogP contribution < -0.4 is 0 Å². The van der Waals surface area contributed by atoms with Crippen molar-refractivity contribution < 1.29 is 14.6 Å². The van der Waals surface area contributed by atoms with Crippen molar-refractivity contribution >= 4 is 5.97 Å². The van der Waals surface area contributed by atoms with Gasteiger partial charge in [-0.3, -0.25) is 4.79 Å². The summed E-state index contributed by atoms with van der Waals surface area (Å²) in [5.74, 6) is -0.742.